The van der Waals surface area contributed by atoms with Crippen LogP contribution in [-0.4, -0.2) is 60.9 Å². The third-order valence-corrected chi connectivity index (χ3v) is 8.62. The standard InChI is InChI=1S/C29H38ClFN4O2/c1-20(34(2)25-8-12-36-13-9-25)15-23-3-4-26(17-28(23)31)37-14-7-22-16-27(22)21-5-10-35(11-6-21)29-32-18-24(30)19-33-29/h3-4,17-19,21-22,25,27H,1,5-16H2,2H3. The summed E-state index contributed by atoms with van der Waals surface area (Å²) in [5.74, 6) is 3.43. The van der Waals surface area contributed by atoms with Crippen LogP contribution in [0.2, 0.25) is 5.02 Å². The van der Waals surface area contributed by atoms with Crippen molar-refractivity contribution in [3.8, 4) is 5.75 Å². The van der Waals surface area contributed by atoms with E-state index in [0.717, 1.165) is 75.0 Å². The number of rotatable bonds is 10. The van der Waals surface area contributed by atoms with Crippen molar-refractivity contribution in [1.82, 2.24) is 14.9 Å². The summed E-state index contributed by atoms with van der Waals surface area (Å²) in [6.45, 7) is 8.39. The smallest absolute Gasteiger partial charge is 0.225 e. The minimum Gasteiger partial charge on any atom is -0.493 e. The molecule has 3 fully saturated rings. The molecule has 0 N–H and O–H groups in total. The zero-order valence-corrected chi connectivity index (χ0v) is 22.5. The molecule has 0 bridgehead atoms. The van der Waals surface area contributed by atoms with Crippen LogP contribution in [0.4, 0.5) is 10.3 Å². The lowest BCUT2D eigenvalue weighted by Gasteiger charge is -2.34. The second-order valence-electron chi connectivity index (χ2n) is 10.8. The first kappa shape index (κ1) is 26.2. The van der Waals surface area contributed by atoms with Crippen LogP contribution in [0.5, 0.6) is 5.75 Å². The number of ether oxygens (including phenoxy) is 2. The number of likely N-dealkylation sites (N-methyl/N-ethyl adjacent to an activating group) is 1. The Balaban J connectivity index is 1.02. The van der Waals surface area contributed by atoms with Gasteiger partial charge in [0.05, 0.1) is 24.0 Å². The quantitative estimate of drug-likeness (QED) is 0.391. The lowest BCUT2D eigenvalue weighted by Crippen LogP contribution is -2.36. The Kier molecular flexibility index (Phi) is 8.50. The van der Waals surface area contributed by atoms with E-state index in [1.807, 2.05) is 12.1 Å². The minimum absolute atomic E-state index is 0.222. The van der Waals surface area contributed by atoms with Gasteiger partial charge in [-0.05, 0) is 67.9 Å². The Bertz CT molecular complexity index is 1050. The molecule has 0 spiro atoms. The van der Waals surface area contributed by atoms with Gasteiger partial charge in [-0.3, -0.25) is 0 Å². The summed E-state index contributed by atoms with van der Waals surface area (Å²) in [5.41, 5.74) is 1.60. The molecule has 5 rings (SSSR count). The Hall–Kier alpha value is -2.38. The number of allylic oxidation sites excluding steroid dienone is 1. The van der Waals surface area contributed by atoms with Crippen LogP contribution in [0.3, 0.4) is 0 Å². The van der Waals surface area contributed by atoms with Crippen LogP contribution in [0, 0.1) is 23.6 Å². The highest BCUT2D eigenvalue weighted by Gasteiger charge is 2.43. The van der Waals surface area contributed by atoms with Gasteiger partial charge < -0.3 is 19.3 Å². The summed E-state index contributed by atoms with van der Waals surface area (Å²) in [6, 6.07) is 5.67. The second-order valence-corrected chi connectivity index (χ2v) is 11.2. The van der Waals surface area contributed by atoms with Gasteiger partial charge in [0.15, 0.2) is 0 Å². The van der Waals surface area contributed by atoms with E-state index >= 15 is 0 Å². The summed E-state index contributed by atoms with van der Waals surface area (Å²) in [4.78, 5) is 13.1. The first-order valence-corrected chi connectivity index (χ1v) is 14.0. The average Bonchev–Trinajstić information content (AvgIpc) is 3.70. The second kappa shape index (κ2) is 12.0. The first-order valence-electron chi connectivity index (χ1n) is 13.6. The molecule has 2 saturated heterocycles. The first-order chi connectivity index (χ1) is 18.0. The molecule has 3 aliphatic rings. The number of halogens is 2. The van der Waals surface area contributed by atoms with Crippen molar-refractivity contribution in [2.45, 2.75) is 51.0 Å². The van der Waals surface area contributed by atoms with E-state index in [2.05, 4.69) is 33.4 Å². The molecular formula is C29H38ClFN4O2. The molecule has 1 saturated carbocycles. The highest BCUT2D eigenvalue weighted by molar-refractivity contribution is 6.30. The molecule has 2 aromatic rings. The molecule has 2 unspecified atom stereocenters. The van der Waals surface area contributed by atoms with Gasteiger partial charge in [0, 0.05) is 57.6 Å². The van der Waals surface area contributed by atoms with Gasteiger partial charge in [-0.1, -0.05) is 24.2 Å². The summed E-state index contributed by atoms with van der Waals surface area (Å²) in [5, 5.41) is 0.570. The molecule has 3 heterocycles. The topological polar surface area (TPSA) is 50.7 Å². The highest BCUT2D eigenvalue weighted by Crippen LogP contribution is 2.49. The van der Waals surface area contributed by atoms with Crippen molar-refractivity contribution >= 4 is 17.5 Å². The predicted octanol–water partition coefficient (Wildman–Crippen LogP) is 5.76. The zero-order valence-electron chi connectivity index (χ0n) is 21.7. The lowest BCUT2D eigenvalue weighted by molar-refractivity contribution is 0.0522. The number of piperidine rings is 1. The van der Waals surface area contributed by atoms with Crippen molar-refractivity contribution in [2.75, 3.05) is 44.9 Å². The fourth-order valence-electron chi connectivity index (χ4n) is 5.94. The van der Waals surface area contributed by atoms with Gasteiger partial charge in [-0.15, -0.1) is 0 Å². The van der Waals surface area contributed by atoms with Crippen LogP contribution in [0.15, 0.2) is 42.9 Å². The van der Waals surface area contributed by atoms with Crippen LogP contribution < -0.4 is 9.64 Å². The normalized spacial score (nSPS) is 22.6. The van der Waals surface area contributed by atoms with Crippen molar-refractivity contribution in [3.05, 3.63) is 59.3 Å². The molecule has 6 nitrogen and oxygen atoms in total. The number of hydrogen-bond donors (Lipinski definition) is 0. The maximum atomic E-state index is 14.8. The van der Waals surface area contributed by atoms with Crippen molar-refractivity contribution in [1.29, 1.82) is 0 Å². The Labute approximate surface area is 224 Å². The summed E-state index contributed by atoms with van der Waals surface area (Å²) in [7, 11) is 2.05. The zero-order chi connectivity index (χ0) is 25.8. The SMILES string of the molecule is C=C(Cc1ccc(OCCC2CC2C2CCN(c3ncc(Cl)cn3)CC2)cc1F)N(C)C1CCOCC1. The van der Waals surface area contributed by atoms with E-state index in [9.17, 15) is 4.39 Å². The van der Waals surface area contributed by atoms with Gasteiger partial charge in [0.25, 0.3) is 0 Å². The molecule has 8 heteroatoms. The summed E-state index contributed by atoms with van der Waals surface area (Å²) >= 11 is 5.91. The number of nitrogens with zero attached hydrogens (tertiary/aromatic N) is 4. The van der Waals surface area contributed by atoms with Crippen LogP contribution >= 0.6 is 11.6 Å². The Morgan fingerprint density at radius 3 is 2.62 bits per heavy atom. The molecule has 0 radical (unpaired) electrons. The number of anilines is 1. The van der Waals surface area contributed by atoms with Crippen LogP contribution in [0.25, 0.3) is 0 Å². The van der Waals surface area contributed by atoms with E-state index in [-0.39, 0.29) is 5.82 Å². The number of hydrogen-bond acceptors (Lipinski definition) is 6. The van der Waals surface area contributed by atoms with Crippen molar-refractivity contribution in [3.63, 3.8) is 0 Å². The van der Waals surface area contributed by atoms with Gasteiger partial charge >= 0.3 is 0 Å². The largest absolute Gasteiger partial charge is 0.493 e. The van der Waals surface area contributed by atoms with Gasteiger partial charge in [0.1, 0.15) is 11.6 Å². The predicted molar refractivity (Wildman–Crippen MR) is 145 cm³/mol. The molecule has 0 amide bonds. The van der Waals surface area contributed by atoms with Crippen LogP contribution in [0.1, 0.15) is 44.1 Å². The van der Waals surface area contributed by atoms with Gasteiger partial charge in [-0.25, -0.2) is 14.4 Å². The van der Waals surface area contributed by atoms with Crippen molar-refractivity contribution < 1.29 is 13.9 Å². The monoisotopic (exact) mass is 528 g/mol. The third-order valence-electron chi connectivity index (χ3n) is 8.43. The molecule has 2 aliphatic heterocycles. The van der Waals surface area contributed by atoms with Gasteiger partial charge in [0.2, 0.25) is 5.95 Å². The third kappa shape index (κ3) is 6.74. The summed E-state index contributed by atoms with van der Waals surface area (Å²) < 4.78 is 26.2. The van der Waals surface area contributed by atoms with E-state index in [1.54, 1.807) is 12.4 Å². The van der Waals surface area contributed by atoms with Gasteiger partial charge in [-0.2, -0.15) is 0 Å². The number of benzene rings is 1. The molecule has 1 aliphatic carbocycles. The molecule has 200 valence electrons. The number of aromatic nitrogens is 2. The summed E-state index contributed by atoms with van der Waals surface area (Å²) in [6.07, 6.45) is 10.5. The highest BCUT2D eigenvalue weighted by atomic mass is 35.5. The van der Waals surface area contributed by atoms with E-state index in [0.29, 0.717) is 35.4 Å². The maximum absolute atomic E-state index is 14.8. The maximum Gasteiger partial charge on any atom is 0.225 e. The fourth-order valence-corrected chi connectivity index (χ4v) is 6.04. The Morgan fingerprint density at radius 1 is 1.19 bits per heavy atom. The van der Waals surface area contributed by atoms with E-state index < -0.39 is 0 Å². The lowest BCUT2D eigenvalue weighted by atomic mass is 9.90. The minimum atomic E-state index is -0.222. The van der Waals surface area contributed by atoms with E-state index in [4.69, 9.17) is 21.1 Å². The van der Waals surface area contributed by atoms with Crippen LogP contribution in [-0.2, 0) is 11.2 Å². The molecule has 1 aromatic heterocycles. The fraction of sp³-hybridized carbons (Fsp3) is 0.586. The molecular weight excluding hydrogens is 491 g/mol. The molecule has 2 atom stereocenters. The molecule has 37 heavy (non-hydrogen) atoms. The van der Waals surface area contributed by atoms with E-state index in [1.165, 1.54) is 25.3 Å². The average molecular weight is 529 g/mol. The Morgan fingerprint density at radius 2 is 1.92 bits per heavy atom. The molecule has 1 aromatic carbocycles. The van der Waals surface area contributed by atoms with Crippen molar-refractivity contribution in [2.24, 2.45) is 17.8 Å².